The Kier molecular flexibility index (Phi) is 5.19. The quantitative estimate of drug-likeness (QED) is 0.864. The van der Waals surface area contributed by atoms with Crippen LogP contribution in [0, 0.1) is 17.7 Å². The Morgan fingerprint density at radius 3 is 2.87 bits per heavy atom. The second-order valence-corrected chi connectivity index (χ2v) is 6.98. The lowest BCUT2D eigenvalue weighted by Gasteiger charge is -2.38. The molecule has 1 aromatic rings. The molecule has 1 saturated carbocycles. The van der Waals surface area contributed by atoms with Crippen LogP contribution in [0.1, 0.15) is 24.8 Å². The van der Waals surface area contributed by atoms with Crippen molar-refractivity contribution >= 4 is 17.5 Å². The molecular formula is C17H22ClFN2O2. The van der Waals surface area contributed by atoms with Crippen molar-refractivity contribution < 1.29 is 14.3 Å². The predicted octanol–water partition coefficient (Wildman–Crippen LogP) is 2.19. The number of nitrogens with zero attached hydrogens (tertiary/aromatic N) is 1. The first-order valence-corrected chi connectivity index (χ1v) is 8.52. The van der Waals surface area contributed by atoms with Crippen LogP contribution >= 0.6 is 11.6 Å². The number of rotatable bonds is 5. The first-order valence-electron chi connectivity index (χ1n) is 8.15. The average molecular weight is 341 g/mol. The summed E-state index contributed by atoms with van der Waals surface area (Å²) in [6.07, 6.45) is 2.70. The van der Waals surface area contributed by atoms with E-state index in [9.17, 15) is 14.3 Å². The number of piperidine rings is 1. The van der Waals surface area contributed by atoms with Crippen LogP contribution in [0.2, 0.25) is 5.02 Å². The Labute approximate surface area is 140 Å². The molecule has 0 spiro atoms. The Hall–Kier alpha value is -1.17. The van der Waals surface area contributed by atoms with E-state index in [1.807, 2.05) is 0 Å². The first kappa shape index (κ1) is 16.7. The number of likely N-dealkylation sites (tertiary alicyclic amines) is 1. The molecule has 1 heterocycles. The fourth-order valence-corrected chi connectivity index (χ4v) is 3.35. The SMILES string of the molecule is O=C(N[C@@H]1CN(Cc2cccc(Cl)c2F)CC[C@@H]1CO)C1CC1. The number of nitrogens with one attached hydrogen (secondary N) is 1. The zero-order valence-corrected chi connectivity index (χ0v) is 13.7. The van der Waals surface area contributed by atoms with Gasteiger partial charge < -0.3 is 10.4 Å². The molecule has 2 N–H and O–H groups in total. The molecule has 1 aliphatic heterocycles. The molecule has 2 aliphatic rings. The van der Waals surface area contributed by atoms with Gasteiger partial charge in [-0.25, -0.2) is 4.39 Å². The summed E-state index contributed by atoms with van der Waals surface area (Å²) in [6, 6.07) is 4.94. The van der Waals surface area contributed by atoms with Gasteiger partial charge in [0.05, 0.1) is 5.02 Å². The standard InChI is InChI=1S/C17H22ClFN2O2/c18-14-3-1-2-12(16(14)19)8-21-7-6-13(10-22)15(9-21)20-17(23)11-4-5-11/h1-3,11,13,15,22H,4-10H2,(H,20,23)/t13-,15-/m1/s1. The predicted molar refractivity (Wildman–Crippen MR) is 86.5 cm³/mol. The lowest BCUT2D eigenvalue weighted by molar-refractivity contribution is -0.124. The number of carbonyl (C=O) groups is 1. The molecule has 3 rings (SSSR count). The van der Waals surface area contributed by atoms with Crippen molar-refractivity contribution in [2.75, 3.05) is 19.7 Å². The number of aliphatic hydroxyl groups excluding tert-OH is 1. The van der Waals surface area contributed by atoms with Gasteiger partial charge in [0, 0.05) is 43.1 Å². The number of hydrogen-bond acceptors (Lipinski definition) is 3. The minimum absolute atomic E-state index is 0.0645. The van der Waals surface area contributed by atoms with E-state index < -0.39 is 0 Å². The van der Waals surface area contributed by atoms with Crippen LogP contribution in [0.25, 0.3) is 0 Å². The first-order chi connectivity index (χ1) is 11.1. The van der Waals surface area contributed by atoms with E-state index in [4.69, 9.17) is 11.6 Å². The summed E-state index contributed by atoms with van der Waals surface area (Å²) in [6.45, 7) is 1.91. The topological polar surface area (TPSA) is 52.6 Å². The summed E-state index contributed by atoms with van der Waals surface area (Å²) in [7, 11) is 0. The van der Waals surface area contributed by atoms with Gasteiger partial charge in [-0.1, -0.05) is 23.7 Å². The zero-order valence-electron chi connectivity index (χ0n) is 13.0. The molecular weight excluding hydrogens is 319 g/mol. The van der Waals surface area contributed by atoms with E-state index in [1.165, 1.54) is 6.07 Å². The third-order valence-electron chi connectivity index (χ3n) is 4.78. The van der Waals surface area contributed by atoms with Crippen LogP contribution in [0.4, 0.5) is 4.39 Å². The van der Waals surface area contributed by atoms with Gasteiger partial charge in [0.1, 0.15) is 5.82 Å². The van der Waals surface area contributed by atoms with Gasteiger partial charge in [-0.2, -0.15) is 0 Å². The lowest BCUT2D eigenvalue weighted by Crippen LogP contribution is -2.53. The van der Waals surface area contributed by atoms with Gasteiger partial charge in [-0.15, -0.1) is 0 Å². The second-order valence-electron chi connectivity index (χ2n) is 6.57. The Bertz CT molecular complexity index is 580. The smallest absolute Gasteiger partial charge is 0.223 e. The number of hydrogen-bond donors (Lipinski definition) is 2. The largest absolute Gasteiger partial charge is 0.396 e. The van der Waals surface area contributed by atoms with Gasteiger partial charge in [-0.3, -0.25) is 9.69 Å². The highest BCUT2D eigenvalue weighted by Gasteiger charge is 2.35. The molecule has 0 unspecified atom stereocenters. The summed E-state index contributed by atoms with van der Waals surface area (Å²) in [4.78, 5) is 14.1. The number of halogens is 2. The second kappa shape index (κ2) is 7.16. The van der Waals surface area contributed by atoms with Crippen molar-refractivity contribution in [3.8, 4) is 0 Å². The minimum atomic E-state index is -0.378. The third-order valence-corrected chi connectivity index (χ3v) is 5.07. The van der Waals surface area contributed by atoms with E-state index in [2.05, 4.69) is 10.2 Å². The Balaban J connectivity index is 1.64. The number of amides is 1. The molecule has 23 heavy (non-hydrogen) atoms. The molecule has 1 amide bonds. The van der Waals surface area contributed by atoms with Crippen LogP contribution in [-0.2, 0) is 11.3 Å². The van der Waals surface area contributed by atoms with Crippen molar-refractivity contribution in [3.63, 3.8) is 0 Å². The van der Waals surface area contributed by atoms with Crippen LogP contribution in [0.15, 0.2) is 18.2 Å². The molecule has 1 aliphatic carbocycles. The Morgan fingerprint density at radius 2 is 2.17 bits per heavy atom. The van der Waals surface area contributed by atoms with Crippen molar-refractivity contribution in [2.24, 2.45) is 11.8 Å². The minimum Gasteiger partial charge on any atom is -0.396 e. The van der Waals surface area contributed by atoms with E-state index in [1.54, 1.807) is 12.1 Å². The van der Waals surface area contributed by atoms with Gasteiger partial charge >= 0.3 is 0 Å². The molecule has 126 valence electrons. The van der Waals surface area contributed by atoms with Crippen molar-refractivity contribution in [3.05, 3.63) is 34.6 Å². The monoisotopic (exact) mass is 340 g/mol. The third kappa shape index (κ3) is 4.03. The summed E-state index contributed by atoms with van der Waals surface area (Å²) < 4.78 is 14.1. The van der Waals surface area contributed by atoms with E-state index in [0.717, 1.165) is 25.8 Å². The van der Waals surface area contributed by atoms with Gasteiger partial charge in [-0.05, 0) is 31.9 Å². The van der Waals surface area contributed by atoms with Crippen LogP contribution in [0.3, 0.4) is 0 Å². The summed E-state index contributed by atoms with van der Waals surface area (Å²) >= 11 is 5.83. The van der Waals surface area contributed by atoms with Gasteiger partial charge in [0.25, 0.3) is 0 Å². The molecule has 6 heteroatoms. The number of benzene rings is 1. The van der Waals surface area contributed by atoms with Crippen molar-refractivity contribution in [1.29, 1.82) is 0 Å². The fourth-order valence-electron chi connectivity index (χ4n) is 3.15. The summed E-state index contributed by atoms with van der Waals surface area (Å²) in [5.74, 6) is -0.0745. The highest BCUT2D eigenvalue weighted by molar-refractivity contribution is 6.30. The molecule has 4 nitrogen and oxygen atoms in total. The normalized spacial score (nSPS) is 25.3. The van der Waals surface area contributed by atoms with Gasteiger partial charge in [0.2, 0.25) is 5.91 Å². The average Bonchev–Trinajstić information content (AvgIpc) is 3.37. The maximum atomic E-state index is 14.1. The highest BCUT2D eigenvalue weighted by Crippen LogP contribution is 2.30. The zero-order chi connectivity index (χ0) is 16.4. The van der Waals surface area contributed by atoms with Crippen LogP contribution < -0.4 is 5.32 Å². The van der Waals surface area contributed by atoms with E-state index >= 15 is 0 Å². The molecule has 0 bridgehead atoms. The molecule has 0 aromatic heterocycles. The van der Waals surface area contributed by atoms with Gasteiger partial charge in [0.15, 0.2) is 0 Å². The van der Waals surface area contributed by atoms with Crippen molar-refractivity contribution in [1.82, 2.24) is 10.2 Å². The van der Waals surface area contributed by atoms with Crippen molar-refractivity contribution in [2.45, 2.75) is 31.8 Å². The maximum Gasteiger partial charge on any atom is 0.223 e. The number of aliphatic hydroxyl groups is 1. The Morgan fingerprint density at radius 1 is 1.39 bits per heavy atom. The molecule has 1 saturated heterocycles. The summed E-state index contributed by atoms with van der Waals surface area (Å²) in [5.41, 5.74) is 0.562. The lowest BCUT2D eigenvalue weighted by atomic mass is 9.91. The maximum absolute atomic E-state index is 14.1. The molecule has 0 radical (unpaired) electrons. The molecule has 2 fully saturated rings. The van der Waals surface area contributed by atoms with Crippen LogP contribution in [-0.4, -0.2) is 41.7 Å². The molecule has 1 aromatic carbocycles. The van der Waals surface area contributed by atoms with E-state index in [-0.39, 0.29) is 41.2 Å². The van der Waals surface area contributed by atoms with E-state index in [0.29, 0.717) is 18.7 Å². The van der Waals surface area contributed by atoms with Crippen LogP contribution in [0.5, 0.6) is 0 Å². The highest BCUT2D eigenvalue weighted by atomic mass is 35.5. The fraction of sp³-hybridized carbons (Fsp3) is 0.588. The molecule has 2 atom stereocenters. The number of carbonyl (C=O) groups excluding carboxylic acids is 1. The summed E-state index contributed by atoms with van der Waals surface area (Å²) in [5, 5.41) is 12.7.